The topological polar surface area (TPSA) is 58.8 Å². The Morgan fingerprint density at radius 2 is 2.18 bits per heavy atom. The lowest BCUT2D eigenvalue weighted by molar-refractivity contribution is 0.386. The predicted octanol–water partition coefficient (Wildman–Crippen LogP) is 2.68. The number of benzene rings is 1. The first-order valence-corrected chi connectivity index (χ1v) is 7.10. The lowest BCUT2D eigenvalue weighted by Crippen LogP contribution is -2.36. The molecule has 0 fully saturated rings. The molecule has 1 aromatic heterocycles. The summed E-state index contributed by atoms with van der Waals surface area (Å²) in [5, 5.41) is 6.29. The van der Waals surface area contributed by atoms with Crippen molar-refractivity contribution < 1.29 is 13.5 Å². The minimum atomic E-state index is -0.385. The van der Waals surface area contributed by atoms with Gasteiger partial charge in [0.2, 0.25) is 0 Å². The molecular formula is C16H20FN3O2. The van der Waals surface area contributed by atoms with Gasteiger partial charge in [0.05, 0.1) is 26.5 Å². The van der Waals surface area contributed by atoms with Crippen LogP contribution in [-0.2, 0) is 13.1 Å². The van der Waals surface area contributed by atoms with Gasteiger partial charge in [0, 0.05) is 6.54 Å². The molecule has 0 radical (unpaired) electrons. The smallest absolute Gasteiger partial charge is 0.191 e. The molecular weight excluding hydrogens is 285 g/mol. The summed E-state index contributed by atoms with van der Waals surface area (Å²) in [5.74, 6) is 1.32. The molecule has 0 unspecified atom stereocenters. The fourth-order valence-corrected chi connectivity index (χ4v) is 1.90. The molecule has 0 aliphatic carbocycles. The first kappa shape index (κ1) is 15.9. The minimum Gasteiger partial charge on any atom is -0.494 e. The fourth-order valence-electron chi connectivity index (χ4n) is 1.90. The SMILES string of the molecule is CCNC(=NCc1ccc(OC)c(F)c1)NCc1ccco1. The monoisotopic (exact) mass is 305 g/mol. The Hall–Kier alpha value is -2.50. The lowest BCUT2D eigenvalue weighted by Gasteiger charge is -2.10. The number of furan rings is 1. The quantitative estimate of drug-likeness (QED) is 0.636. The number of nitrogens with zero attached hydrogens (tertiary/aromatic N) is 1. The van der Waals surface area contributed by atoms with E-state index in [4.69, 9.17) is 9.15 Å². The molecule has 0 saturated carbocycles. The summed E-state index contributed by atoms with van der Waals surface area (Å²) in [5.41, 5.74) is 0.772. The second-order valence-corrected chi connectivity index (χ2v) is 4.60. The molecule has 6 heteroatoms. The van der Waals surface area contributed by atoms with Crippen LogP contribution in [0.3, 0.4) is 0 Å². The molecule has 1 aromatic carbocycles. The van der Waals surface area contributed by atoms with Crippen molar-refractivity contribution >= 4 is 5.96 Å². The van der Waals surface area contributed by atoms with E-state index in [1.807, 2.05) is 19.1 Å². The molecule has 0 aliphatic rings. The van der Waals surface area contributed by atoms with E-state index in [0.29, 0.717) is 19.0 Å². The van der Waals surface area contributed by atoms with Crippen molar-refractivity contribution in [3.05, 3.63) is 53.7 Å². The summed E-state index contributed by atoms with van der Waals surface area (Å²) < 4.78 is 23.8. The number of halogens is 1. The Morgan fingerprint density at radius 1 is 1.32 bits per heavy atom. The largest absolute Gasteiger partial charge is 0.494 e. The number of guanidine groups is 1. The second-order valence-electron chi connectivity index (χ2n) is 4.60. The van der Waals surface area contributed by atoms with Gasteiger partial charge in [-0.15, -0.1) is 0 Å². The van der Waals surface area contributed by atoms with E-state index < -0.39 is 0 Å². The highest BCUT2D eigenvalue weighted by Crippen LogP contribution is 2.18. The van der Waals surface area contributed by atoms with Gasteiger partial charge in [-0.2, -0.15) is 0 Å². The molecule has 0 amide bonds. The lowest BCUT2D eigenvalue weighted by atomic mass is 10.2. The molecule has 5 nitrogen and oxygen atoms in total. The number of hydrogen-bond donors (Lipinski definition) is 2. The van der Waals surface area contributed by atoms with E-state index in [2.05, 4.69) is 15.6 Å². The summed E-state index contributed by atoms with van der Waals surface area (Å²) in [4.78, 5) is 4.43. The first-order valence-electron chi connectivity index (χ1n) is 7.10. The maximum Gasteiger partial charge on any atom is 0.191 e. The van der Waals surface area contributed by atoms with Crippen molar-refractivity contribution in [1.82, 2.24) is 10.6 Å². The van der Waals surface area contributed by atoms with E-state index in [1.165, 1.54) is 13.2 Å². The van der Waals surface area contributed by atoms with Gasteiger partial charge in [0.1, 0.15) is 5.76 Å². The van der Waals surface area contributed by atoms with Crippen LogP contribution in [0.25, 0.3) is 0 Å². The fraction of sp³-hybridized carbons (Fsp3) is 0.312. The summed E-state index contributed by atoms with van der Waals surface area (Å²) in [7, 11) is 1.44. The zero-order valence-electron chi connectivity index (χ0n) is 12.7. The van der Waals surface area contributed by atoms with Crippen LogP contribution in [0, 0.1) is 5.82 Å². The van der Waals surface area contributed by atoms with Crippen molar-refractivity contribution in [3.8, 4) is 5.75 Å². The molecule has 1 heterocycles. The molecule has 2 rings (SSSR count). The predicted molar refractivity (Wildman–Crippen MR) is 83.3 cm³/mol. The molecule has 0 aliphatic heterocycles. The standard InChI is InChI=1S/C16H20FN3O2/c1-3-18-16(20-11-13-5-4-8-22-13)19-10-12-6-7-15(21-2)14(17)9-12/h4-9H,3,10-11H2,1-2H3,(H2,18,19,20). The molecule has 0 bridgehead atoms. The third kappa shape index (κ3) is 4.51. The van der Waals surface area contributed by atoms with E-state index in [1.54, 1.807) is 18.4 Å². The zero-order chi connectivity index (χ0) is 15.8. The highest BCUT2D eigenvalue weighted by Gasteiger charge is 2.04. The third-order valence-electron chi connectivity index (χ3n) is 2.99. The van der Waals surface area contributed by atoms with E-state index in [9.17, 15) is 4.39 Å². The molecule has 22 heavy (non-hydrogen) atoms. The van der Waals surface area contributed by atoms with Crippen molar-refractivity contribution in [3.63, 3.8) is 0 Å². The summed E-state index contributed by atoms with van der Waals surface area (Å²) >= 11 is 0. The van der Waals surface area contributed by atoms with Gasteiger partial charge in [-0.1, -0.05) is 6.07 Å². The van der Waals surface area contributed by atoms with Crippen LogP contribution in [0.2, 0.25) is 0 Å². The highest BCUT2D eigenvalue weighted by atomic mass is 19.1. The van der Waals surface area contributed by atoms with Gasteiger partial charge in [-0.05, 0) is 36.8 Å². The highest BCUT2D eigenvalue weighted by molar-refractivity contribution is 5.79. The molecule has 118 valence electrons. The summed E-state index contributed by atoms with van der Waals surface area (Å²) in [6.07, 6.45) is 1.63. The van der Waals surface area contributed by atoms with Crippen LogP contribution in [0.4, 0.5) is 4.39 Å². The molecule has 0 atom stereocenters. The Bertz CT molecular complexity index is 612. The molecule has 2 aromatic rings. The van der Waals surface area contributed by atoms with Crippen LogP contribution >= 0.6 is 0 Å². The number of rotatable bonds is 6. The third-order valence-corrected chi connectivity index (χ3v) is 2.99. The molecule has 0 spiro atoms. The van der Waals surface area contributed by atoms with Crippen LogP contribution in [0.5, 0.6) is 5.75 Å². The zero-order valence-corrected chi connectivity index (χ0v) is 12.7. The van der Waals surface area contributed by atoms with Gasteiger partial charge >= 0.3 is 0 Å². The maximum atomic E-state index is 13.6. The van der Waals surface area contributed by atoms with E-state index in [0.717, 1.165) is 17.9 Å². The number of ether oxygens (including phenoxy) is 1. The van der Waals surface area contributed by atoms with Gasteiger partial charge in [0.15, 0.2) is 17.5 Å². The van der Waals surface area contributed by atoms with Gasteiger partial charge in [-0.25, -0.2) is 9.38 Å². The van der Waals surface area contributed by atoms with Crippen molar-refractivity contribution in [2.24, 2.45) is 4.99 Å². The van der Waals surface area contributed by atoms with Crippen molar-refractivity contribution in [2.45, 2.75) is 20.0 Å². The number of methoxy groups -OCH3 is 1. The van der Waals surface area contributed by atoms with Gasteiger partial charge in [0.25, 0.3) is 0 Å². The Kier molecular flexibility index (Phi) is 5.82. The average Bonchev–Trinajstić information content (AvgIpc) is 3.03. The minimum absolute atomic E-state index is 0.232. The van der Waals surface area contributed by atoms with Gasteiger partial charge in [-0.3, -0.25) is 0 Å². The van der Waals surface area contributed by atoms with E-state index in [-0.39, 0.29) is 11.6 Å². The van der Waals surface area contributed by atoms with Crippen LogP contribution in [0.1, 0.15) is 18.2 Å². The van der Waals surface area contributed by atoms with Crippen LogP contribution in [-0.4, -0.2) is 19.6 Å². The first-order chi connectivity index (χ1) is 10.7. The Balaban J connectivity index is 1.98. The summed E-state index contributed by atoms with van der Waals surface area (Å²) in [6.45, 7) is 3.63. The van der Waals surface area contributed by atoms with E-state index >= 15 is 0 Å². The van der Waals surface area contributed by atoms with Crippen LogP contribution < -0.4 is 15.4 Å². The second kappa shape index (κ2) is 8.07. The van der Waals surface area contributed by atoms with Crippen molar-refractivity contribution in [2.75, 3.05) is 13.7 Å². The Morgan fingerprint density at radius 3 is 2.82 bits per heavy atom. The average molecular weight is 305 g/mol. The summed E-state index contributed by atoms with van der Waals surface area (Å²) in [6, 6.07) is 8.54. The number of nitrogens with one attached hydrogen (secondary N) is 2. The molecule has 0 saturated heterocycles. The van der Waals surface area contributed by atoms with Gasteiger partial charge < -0.3 is 19.8 Å². The normalized spacial score (nSPS) is 11.3. The Labute approximate surface area is 129 Å². The van der Waals surface area contributed by atoms with Crippen LogP contribution in [0.15, 0.2) is 46.0 Å². The number of aliphatic imine (C=N–C) groups is 1. The van der Waals surface area contributed by atoms with Crippen molar-refractivity contribution in [1.29, 1.82) is 0 Å². The number of hydrogen-bond acceptors (Lipinski definition) is 3. The molecule has 2 N–H and O–H groups in total. The maximum absolute atomic E-state index is 13.6.